The maximum absolute atomic E-state index is 14.9. The molecule has 0 saturated heterocycles. The van der Waals surface area contributed by atoms with Crippen LogP contribution >= 0.6 is 11.8 Å². The summed E-state index contributed by atoms with van der Waals surface area (Å²) in [4.78, 5) is 28.4. The van der Waals surface area contributed by atoms with Crippen molar-refractivity contribution < 1.29 is 23.6 Å². The number of alkyl halides is 1. The minimum absolute atomic E-state index is 0.0284. The summed E-state index contributed by atoms with van der Waals surface area (Å²) in [5.74, 6) is -0.709. The fourth-order valence-corrected chi connectivity index (χ4v) is 5.55. The van der Waals surface area contributed by atoms with Gasteiger partial charge in [0.2, 0.25) is 0 Å². The first-order valence-electron chi connectivity index (χ1n) is 9.30. The van der Waals surface area contributed by atoms with Gasteiger partial charge >= 0.3 is 6.09 Å². The standard InChI is InChI=1S/C19H23F2N3O4S/c1-18(2,3)23(17(25)26)16-22-19(7-6-12(20)8-11(19)10-29-16)14-9-13(24(27)28)4-5-15(14)21/h4-5,9,11-12H,6-8,10H2,1-3H3,(H,25,26). The van der Waals surface area contributed by atoms with Crippen LogP contribution in [0.1, 0.15) is 45.6 Å². The fraction of sp³-hybridized carbons (Fsp3) is 0.579. The zero-order chi connectivity index (χ0) is 21.6. The van der Waals surface area contributed by atoms with Gasteiger partial charge in [-0.25, -0.2) is 13.6 Å². The molecule has 3 rings (SSSR count). The largest absolute Gasteiger partial charge is 0.465 e. The van der Waals surface area contributed by atoms with Gasteiger partial charge in [-0.3, -0.25) is 20.0 Å². The van der Waals surface area contributed by atoms with Gasteiger partial charge in [0.25, 0.3) is 5.69 Å². The summed E-state index contributed by atoms with van der Waals surface area (Å²) >= 11 is 1.20. The molecule has 3 atom stereocenters. The Bertz CT molecular complexity index is 874. The molecule has 1 aliphatic heterocycles. The predicted octanol–water partition coefficient (Wildman–Crippen LogP) is 4.95. The summed E-state index contributed by atoms with van der Waals surface area (Å²) in [6.07, 6.45) is -1.84. The van der Waals surface area contributed by atoms with Crippen molar-refractivity contribution in [3.8, 4) is 0 Å². The fourth-order valence-electron chi connectivity index (χ4n) is 4.08. The number of hydrogen-bond donors (Lipinski definition) is 1. The number of carbonyl (C=O) groups is 1. The molecule has 29 heavy (non-hydrogen) atoms. The highest BCUT2D eigenvalue weighted by atomic mass is 32.2. The molecular formula is C19H23F2N3O4S. The monoisotopic (exact) mass is 427 g/mol. The van der Waals surface area contributed by atoms with Gasteiger partial charge in [-0.05, 0) is 46.1 Å². The van der Waals surface area contributed by atoms with Gasteiger partial charge in [-0.1, -0.05) is 11.8 Å². The molecule has 1 aromatic carbocycles. The number of rotatable bonds is 2. The molecule has 3 unspecified atom stereocenters. The lowest BCUT2D eigenvalue weighted by molar-refractivity contribution is -0.385. The lowest BCUT2D eigenvalue weighted by Crippen LogP contribution is -2.52. The van der Waals surface area contributed by atoms with Gasteiger partial charge in [-0.2, -0.15) is 0 Å². The number of hydrogen-bond acceptors (Lipinski definition) is 5. The van der Waals surface area contributed by atoms with E-state index in [0.717, 1.165) is 23.1 Å². The highest BCUT2D eigenvalue weighted by Crippen LogP contribution is 2.51. The zero-order valence-electron chi connectivity index (χ0n) is 16.4. The van der Waals surface area contributed by atoms with Crippen LogP contribution in [0.4, 0.5) is 19.3 Å². The van der Waals surface area contributed by atoms with Crippen LogP contribution in [-0.2, 0) is 5.54 Å². The third kappa shape index (κ3) is 3.94. The van der Waals surface area contributed by atoms with E-state index in [-0.39, 0.29) is 35.7 Å². The Morgan fingerprint density at radius 3 is 2.72 bits per heavy atom. The number of aliphatic imine (C=N–C) groups is 1. The molecule has 1 heterocycles. The molecule has 2 aliphatic rings. The van der Waals surface area contributed by atoms with Crippen molar-refractivity contribution >= 4 is 28.7 Å². The normalized spacial score (nSPS) is 27.0. The first-order valence-corrected chi connectivity index (χ1v) is 10.3. The van der Waals surface area contributed by atoms with Gasteiger partial charge in [0.1, 0.15) is 12.0 Å². The molecule has 0 aromatic heterocycles. The molecule has 1 amide bonds. The number of amidine groups is 1. The molecule has 1 fully saturated rings. The number of halogens is 2. The van der Waals surface area contributed by atoms with Crippen LogP contribution < -0.4 is 0 Å². The smallest absolute Gasteiger partial charge is 0.413 e. The topological polar surface area (TPSA) is 96.0 Å². The molecule has 0 spiro atoms. The van der Waals surface area contributed by atoms with Crippen molar-refractivity contribution in [1.29, 1.82) is 0 Å². The van der Waals surface area contributed by atoms with Gasteiger partial charge in [0.15, 0.2) is 5.17 Å². The Hall–Kier alpha value is -2.23. The number of nitro groups is 1. The molecule has 0 radical (unpaired) electrons. The second-order valence-corrected chi connectivity index (χ2v) is 9.40. The molecule has 7 nitrogen and oxygen atoms in total. The Labute approximate surface area is 171 Å². The number of nitrogens with zero attached hydrogens (tertiary/aromatic N) is 3. The van der Waals surface area contributed by atoms with E-state index >= 15 is 0 Å². The van der Waals surface area contributed by atoms with E-state index in [0.29, 0.717) is 5.75 Å². The molecule has 1 aromatic rings. The summed E-state index contributed by atoms with van der Waals surface area (Å²) in [5.41, 5.74) is -2.29. The Morgan fingerprint density at radius 1 is 1.45 bits per heavy atom. The number of thioether (sulfide) groups is 1. The summed E-state index contributed by atoms with van der Waals surface area (Å²) in [5, 5.41) is 21.2. The van der Waals surface area contributed by atoms with Crippen LogP contribution in [0.5, 0.6) is 0 Å². The molecule has 1 N–H and O–H groups in total. The third-order valence-electron chi connectivity index (χ3n) is 5.44. The van der Waals surface area contributed by atoms with Gasteiger partial charge in [0, 0.05) is 34.9 Å². The lowest BCUT2D eigenvalue weighted by Gasteiger charge is -2.47. The number of nitro benzene ring substituents is 1. The van der Waals surface area contributed by atoms with Crippen LogP contribution in [-0.4, -0.2) is 43.7 Å². The minimum Gasteiger partial charge on any atom is -0.465 e. The molecule has 10 heteroatoms. The summed E-state index contributed by atoms with van der Waals surface area (Å²) in [7, 11) is 0. The van der Waals surface area contributed by atoms with Crippen molar-refractivity contribution in [3.05, 3.63) is 39.7 Å². The second-order valence-electron chi connectivity index (χ2n) is 8.41. The Morgan fingerprint density at radius 2 is 2.14 bits per heavy atom. The van der Waals surface area contributed by atoms with E-state index in [2.05, 4.69) is 4.99 Å². The van der Waals surface area contributed by atoms with Crippen LogP contribution in [0.15, 0.2) is 23.2 Å². The Kier molecular flexibility index (Phi) is 5.59. The average Bonchev–Trinajstić information content (AvgIpc) is 2.60. The van der Waals surface area contributed by atoms with E-state index < -0.39 is 40.0 Å². The van der Waals surface area contributed by atoms with Gasteiger partial charge in [-0.15, -0.1) is 0 Å². The van der Waals surface area contributed by atoms with Crippen molar-refractivity contribution in [1.82, 2.24) is 4.90 Å². The van der Waals surface area contributed by atoms with E-state index in [1.807, 2.05) is 0 Å². The minimum atomic E-state index is -1.24. The van der Waals surface area contributed by atoms with Crippen LogP contribution in [0.25, 0.3) is 0 Å². The van der Waals surface area contributed by atoms with Crippen LogP contribution in [0.2, 0.25) is 0 Å². The molecule has 0 bridgehead atoms. The Balaban J connectivity index is 2.21. The van der Waals surface area contributed by atoms with Crippen molar-refractivity contribution in [2.45, 2.75) is 57.3 Å². The predicted molar refractivity (Wildman–Crippen MR) is 106 cm³/mol. The third-order valence-corrected chi connectivity index (χ3v) is 6.54. The van der Waals surface area contributed by atoms with Crippen molar-refractivity contribution in [2.24, 2.45) is 10.9 Å². The summed E-state index contributed by atoms with van der Waals surface area (Å²) in [6, 6.07) is 3.25. The molecule has 158 valence electrons. The van der Waals surface area contributed by atoms with E-state index in [9.17, 15) is 28.8 Å². The van der Waals surface area contributed by atoms with Gasteiger partial charge < -0.3 is 5.11 Å². The van der Waals surface area contributed by atoms with Crippen LogP contribution in [0, 0.1) is 21.8 Å². The lowest BCUT2D eigenvalue weighted by atomic mass is 9.69. The maximum atomic E-state index is 14.9. The van der Waals surface area contributed by atoms with Crippen molar-refractivity contribution in [2.75, 3.05) is 5.75 Å². The first kappa shape index (κ1) is 21.5. The van der Waals surface area contributed by atoms with Crippen LogP contribution in [0.3, 0.4) is 0 Å². The van der Waals surface area contributed by atoms with E-state index in [4.69, 9.17) is 0 Å². The highest BCUT2D eigenvalue weighted by Gasteiger charge is 2.51. The zero-order valence-corrected chi connectivity index (χ0v) is 17.2. The maximum Gasteiger partial charge on any atom is 0.413 e. The second kappa shape index (κ2) is 7.55. The summed E-state index contributed by atoms with van der Waals surface area (Å²) in [6.45, 7) is 5.15. The van der Waals surface area contributed by atoms with E-state index in [1.54, 1.807) is 20.8 Å². The van der Waals surface area contributed by atoms with Crippen molar-refractivity contribution in [3.63, 3.8) is 0 Å². The number of amides is 1. The first-order chi connectivity index (χ1) is 13.5. The highest BCUT2D eigenvalue weighted by molar-refractivity contribution is 8.13. The number of benzene rings is 1. The number of non-ortho nitro benzene ring substituents is 1. The number of fused-ring (bicyclic) bond motifs is 1. The SMILES string of the molecule is CC(C)(C)N(C(=O)O)C1=NC2(c3cc([N+](=O)[O-])ccc3F)CCC(F)CC2CS1. The van der Waals surface area contributed by atoms with Gasteiger partial charge in [0.05, 0.1) is 10.5 Å². The average molecular weight is 427 g/mol. The molecule has 1 saturated carbocycles. The van der Waals surface area contributed by atoms with E-state index in [1.165, 1.54) is 11.8 Å². The quantitative estimate of drug-likeness (QED) is 0.532. The summed E-state index contributed by atoms with van der Waals surface area (Å²) < 4.78 is 29.0. The molecular weight excluding hydrogens is 404 g/mol. The number of carboxylic acid groups (broad SMARTS) is 1. The molecule has 1 aliphatic carbocycles.